The fourth-order valence-corrected chi connectivity index (χ4v) is 2.62. The topological polar surface area (TPSA) is 69.0 Å². The second-order valence-electron chi connectivity index (χ2n) is 5.29. The van der Waals surface area contributed by atoms with Gasteiger partial charge in [0.05, 0.1) is 7.11 Å². The fraction of sp³-hybridized carbons (Fsp3) is 0.400. The van der Waals surface area contributed by atoms with Crippen LogP contribution < -0.4 is 10.1 Å². The SMILES string of the molecule is COc1ccc(C(=O)NC2CCc3nncn3CC2)cc1F. The summed E-state index contributed by atoms with van der Waals surface area (Å²) >= 11 is 0. The van der Waals surface area contributed by atoms with E-state index in [1.54, 1.807) is 12.4 Å². The molecule has 1 amide bonds. The Kier molecular flexibility index (Phi) is 4.04. The van der Waals surface area contributed by atoms with Crippen LogP contribution in [0.1, 0.15) is 29.0 Å². The number of methoxy groups -OCH3 is 1. The summed E-state index contributed by atoms with van der Waals surface area (Å²) in [5.41, 5.74) is 0.293. The number of fused-ring (bicyclic) bond motifs is 1. The molecule has 2 aromatic rings. The van der Waals surface area contributed by atoms with Crippen molar-refractivity contribution in [1.82, 2.24) is 20.1 Å². The molecular formula is C15H17FN4O2. The molecule has 1 atom stereocenters. The van der Waals surface area contributed by atoms with Crippen LogP contribution in [0.4, 0.5) is 4.39 Å². The normalized spacial score (nSPS) is 17.5. The zero-order chi connectivity index (χ0) is 15.5. The summed E-state index contributed by atoms with van der Waals surface area (Å²) in [6.45, 7) is 0.768. The number of hydrogen-bond donors (Lipinski definition) is 1. The van der Waals surface area contributed by atoms with Crippen LogP contribution >= 0.6 is 0 Å². The lowest BCUT2D eigenvalue weighted by molar-refractivity contribution is 0.0932. The largest absolute Gasteiger partial charge is 0.494 e. The van der Waals surface area contributed by atoms with Crippen molar-refractivity contribution in [2.45, 2.75) is 31.8 Å². The summed E-state index contributed by atoms with van der Waals surface area (Å²) in [7, 11) is 1.39. The summed E-state index contributed by atoms with van der Waals surface area (Å²) < 4.78 is 20.5. The Bertz CT molecular complexity index is 663. The maximum absolute atomic E-state index is 13.7. The van der Waals surface area contributed by atoms with Gasteiger partial charge in [-0.1, -0.05) is 0 Å². The van der Waals surface area contributed by atoms with Crippen LogP contribution in [-0.2, 0) is 13.0 Å². The molecule has 0 aliphatic carbocycles. The van der Waals surface area contributed by atoms with E-state index in [1.165, 1.54) is 19.2 Å². The van der Waals surface area contributed by atoms with Gasteiger partial charge >= 0.3 is 0 Å². The summed E-state index contributed by atoms with van der Waals surface area (Å²) in [5, 5.41) is 10.9. The van der Waals surface area contributed by atoms with E-state index in [9.17, 15) is 9.18 Å². The highest BCUT2D eigenvalue weighted by Crippen LogP contribution is 2.18. The lowest BCUT2D eigenvalue weighted by Gasteiger charge is -2.16. The van der Waals surface area contributed by atoms with Crippen LogP contribution in [0.3, 0.4) is 0 Å². The van der Waals surface area contributed by atoms with Gasteiger partial charge in [0.15, 0.2) is 11.6 Å². The monoisotopic (exact) mass is 304 g/mol. The van der Waals surface area contributed by atoms with E-state index >= 15 is 0 Å². The second-order valence-corrected chi connectivity index (χ2v) is 5.29. The summed E-state index contributed by atoms with van der Waals surface area (Å²) in [6.07, 6.45) is 4.07. The smallest absolute Gasteiger partial charge is 0.251 e. The number of aromatic nitrogens is 3. The molecule has 116 valence electrons. The first-order valence-electron chi connectivity index (χ1n) is 7.18. The molecule has 2 heterocycles. The van der Waals surface area contributed by atoms with E-state index in [2.05, 4.69) is 15.5 Å². The third-order valence-electron chi connectivity index (χ3n) is 3.88. The third-order valence-corrected chi connectivity index (χ3v) is 3.88. The number of rotatable bonds is 3. The molecule has 6 nitrogen and oxygen atoms in total. The van der Waals surface area contributed by atoms with E-state index in [4.69, 9.17) is 4.74 Å². The highest BCUT2D eigenvalue weighted by molar-refractivity contribution is 5.94. The van der Waals surface area contributed by atoms with Crippen molar-refractivity contribution in [3.05, 3.63) is 41.7 Å². The molecule has 1 aliphatic heterocycles. The number of halogens is 1. The van der Waals surface area contributed by atoms with Crippen LogP contribution in [0.5, 0.6) is 5.75 Å². The minimum Gasteiger partial charge on any atom is -0.494 e. The quantitative estimate of drug-likeness (QED) is 0.934. The zero-order valence-electron chi connectivity index (χ0n) is 12.3. The minimum atomic E-state index is -0.540. The predicted octanol–water partition coefficient (Wildman–Crippen LogP) is 1.56. The first-order chi connectivity index (χ1) is 10.7. The number of hydrogen-bond acceptors (Lipinski definition) is 4. The molecule has 3 rings (SSSR count). The Morgan fingerprint density at radius 2 is 2.32 bits per heavy atom. The zero-order valence-corrected chi connectivity index (χ0v) is 12.3. The summed E-state index contributed by atoms with van der Waals surface area (Å²) in [4.78, 5) is 12.2. The lowest BCUT2D eigenvalue weighted by atomic mass is 10.1. The fourth-order valence-electron chi connectivity index (χ4n) is 2.62. The highest BCUT2D eigenvalue weighted by Gasteiger charge is 2.20. The summed E-state index contributed by atoms with van der Waals surface area (Å²) in [5.74, 6) is 0.252. The van der Waals surface area contributed by atoms with Crippen LogP contribution in [-0.4, -0.2) is 33.8 Å². The molecule has 1 aromatic heterocycles. The van der Waals surface area contributed by atoms with Crippen LogP contribution in [0.25, 0.3) is 0 Å². The third kappa shape index (κ3) is 2.93. The van der Waals surface area contributed by atoms with Crippen LogP contribution in [0, 0.1) is 5.82 Å². The number of carbonyl (C=O) groups is 1. The van der Waals surface area contributed by atoms with Crippen LogP contribution in [0.15, 0.2) is 24.5 Å². The van der Waals surface area contributed by atoms with Crippen molar-refractivity contribution in [3.63, 3.8) is 0 Å². The molecule has 0 spiro atoms. The Labute approximate surface area is 127 Å². The highest BCUT2D eigenvalue weighted by atomic mass is 19.1. The van der Waals surface area contributed by atoms with Gasteiger partial charge in [-0.15, -0.1) is 10.2 Å². The van der Waals surface area contributed by atoms with Gasteiger partial charge in [-0.3, -0.25) is 4.79 Å². The molecule has 7 heteroatoms. The first-order valence-corrected chi connectivity index (χ1v) is 7.18. The number of ether oxygens (including phenoxy) is 1. The van der Waals surface area contributed by atoms with Gasteiger partial charge < -0.3 is 14.6 Å². The molecule has 1 aromatic carbocycles. The van der Waals surface area contributed by atoms with Crippen molar-refractivity contribution in [1.29, 1.82) is 0 Å². The van der Waals surface area contributed by atoms with E-state index in [0.717, 1.165) is 31.6 Å². The van der Waals surface area contributed by atoms with Crippen molar-refractivity contribution >= 4 is 5.91 Å². The van der Waals surface area contributed by atoms with E-state index < -0.39 is 5.82 Å². The van der Waals surface area contributed by atoms with Gasteiger partial charge in [0.25, 0.3) is 5.91 Å². The molecule has 0 saturated heterocycles. The summed E-state index contributed by atoms with van der Waals surface area (Å²) in [6, 6.07) is 4.25. The van der Waals surface area contributed by atoms with Crippen LogP contribution in [0.2, 0.25) is 0 Å². The van der Waals surface area contributed by atoms with Gasteiger partial charge in [0, 0.05) is 24.6 Å². The minimum absolute atomic E-state index is 0.0411. The number of aryl methyl sites for hydroxylation is 2. The molecule has 0 bridgehead atoms. The van der Waals surface area contributed by atoms with E-state index in [-0.39, 0.29) is 17.7 Å². The molecule has 1 unspecified atom stereocenters. The molecule has 0 fully saturated rings. The van der Waals surface area contributed by atoms with Crippen molar-refractivity contribution in [3.8, 4) is 5.75 Å². The van der Waals surface area contributed by atoms with Crippen molar-refractivity contribution < 1.29 is 13.9 Å². The number of amides is 1. The Hall–Kier alpha value is -2.44. The number of carbonyl (C=O) groups excluding carboxylic acids is 1. The molecule has 1 N–H and O–H groups in total. The van der Waals surface area contributed by atoms with Gasteiger partial charge in [0.2, 0.25) is 0 Å². The van der Waals surface area contributed by atoms with E-state index in [0.29, 0.717) is 5.56 Å². The maximum Gasteiger partial charge on any atom is 0.251 e. The Balaban J connectivity index is 1.64. The molecule has 1 aliphatic rings. The van der Waals surface area contributed by atoms with Crippen molar-refractivity contribution in [2.24, 2.45) is 0 Å². The molecule has 0 saturated carbocycles. The average Bonchev–Trinajstić information content (AvgIpc) is 2.89. The average molecular weight is 304 g/mol. The Morgan fingerprint density at radius 3 is 3.09 bits per heavy atom. The van der Waals surface area contributed by atoms with Crippen molar-refractivity contribution in [2.75, 3.05) is 7.11 Å². The van der Waals surface area contributed by atoms with Gasteiger partial charge in [-0.25, -0.2) is 4.39 Å². The number of nitrogens with zero attached hydrogens (tertiary/aromatic N) is 3. The standard InChI is InChI=1S/C15H17FN4O2/c1-22-13-4-2-10(8-12(13)16)15(21)18-11-3-5-14-19-17-9-20(14)7-6-11/h2,4,8-9,11H,3,5-7H2,1H3,(H,18,21). The number of benzene rings is 1. The Morgan fingerprint density at radius 1 is 1.45 bits per heavy atom. The van der Waals surface area contributed by atoms with E-state index in [1.807, 2.05) is 4.57 Å². The molecule has 22 heavy (non-hydrogen) atoms. The van der Waals surface area contributed by atoms with Gasteiger partial charge in [-0.2, -0.15) is 0 Å². The predicted molar refractivity (Wildman–Crippen MR) is 77.2 cm³/mol. The molecular weight excluding hydrogens is 287 g/mol. The number of nitrogens with one attached hydrogen (secondary N) is 1. The first kappa shape index (κ1) is 14.5. The van der Waals surface area contributed by atoms with Gasteiger partial charge in [-0.05, 0) is 31.0 Å². The lowest BCUT2D eigenvalue weighted by Crippen LogP contribution is -2.35. The molecule has 0 radical (unpaired) electrons. The second kappa shape index (κ2) is 6.13. The maximum atomic E-state index is 13.7. The van der Waals surface area contributed by atoms with Gasteiger partial charge in [0.1, 0.15) is 12.2 Å².